The van der Waals surface area contributed by atoms with Crippen LogP contribution in [-0.2, 0) is 11.2 Å². The number of carboxylic acid groups (broad SMARTS) is 1. The lowest BCUT2D eigenvalue weighted by atomic mass is 10.0. The molecule has 1 aromatic carbocycles. The lowest BCUT2D eigenvalue weighted by Gasteiger charge is -2.10. The van der Waals surface area contributed by atoms with Crippen LogP contribution in [-0.4, -0.2) is 22.0 Å². The molecule has 0 saturated carbocycles. The van der Waals surface area contributed by atoms with Crippen LogP contribution in [0.5, 0.6) is 0 Å². The SMILES string of the molecule is Cc1cc(NC(=O)Cc2ccccn2)cc(C(=O)O)c1C. The van der Waals surface area contributed by atoms with Crippen LogP contribution >= 0.6 is 0 Å². The Morgan fingerprint density at radius 2 is 2.00 bits per heavy atom. The molecule has 0 saturated heterocycles. The van der Waals surface area contributed by atoms with Crippen molar-refractivity contribution in [1.82, 2.24) is 4.98 Å². The number of nitrogens with zero attached hydrogens (tertiary/aromatic N) is 1. The second-order valence-electron chi connectivity index (χ2n) is 4.82. The molecule has 1 amide bonds. The molecule has 5 heteroatoms. The topological polar surface area (TPSA) is 79.3 Å². The van der Waals surface area contributed by atoms with E-state index in [-0.39, 0.29) is 17.9 Å². The van der Waals surface area contributed by atoms with Crippen LogP contribution in [0.15, 0.2) is 36.5 Å². The second-order valence-corrected chi connectivity index (χ2v) is 4.82. The molecule has 2 aromatic rings. The van der Waals surface area contributed by atoms with E-state index in [1.54, 1.807) is 31.3 Å². The first-order valence-corrected chi connectivity index (χ1v) is 6.51. The number of carbonyl (C=O) groups is 2. The molecule has 21 heavy (non-hydrogen) atoms. The van der Waals surface area contributed by atoms with Gasteiger partial charge in [-0.15, -0.1) is 0 Å². The van der Waals surface area contributed by atoms with Crippen LogP contribution in [0.25, 0.3) is 0 Å². The lowest BCUT2D eigenvalue weighted by Crippen LogP contribution is -2.16. The van der Waals surface area contributed by atoms with E-state index in [2.05, 4.69) is 10.3 Å². The van der Waals surface area contributed by atoms with Gasteiger partial charge in [0.15, 0.2) is 0 Å². The third-order valence-corrected chi connectivity index (χ3v) is 3.25. The quantitative estimate of drug-likeness (QED) is 0.904. The van der Waals surface area contributed by atoms with E-state index >= 15 is 0 Å². The van der Waals surface area contributed by atoms with E-state index in [9.17, 15) is 9.59 Å². The van der Waals surface area contributed by atoms with Gasteiger partial charge in [-0.3, -0.25) is 9.78 Å². The first-order valence-electron chi connectivity index (χ1n) is 6.51. The molecule has 0 fully saturated rings. The van der Waals surface area contributed by atoms with Crippen LogP contribution in [0.4, 0.5) is 5.69 Å². The number of amides is 1. The van der Waals surface area contributed by atoms with E-state index < -0.39 is 5.97 Å². The van der Waals surface area contributed by atoms with Gasteiger partial charge in [0.2, 0.25) is 5.91 Å². The molecule has 0 aliphatic carbocycles. The summed E-state index contributed by atoms with van der Waals surface area (Å²) in [6.45, 7) is 3.56. The number of rotatable bonds is 4. The molecule has 0 spiro atoms. The number of pyridine rings is 1. The van der Waals surface area contributed by atoms with Gasteiger partial charge in [0.1, 0.15) is 0 Å². The molecule has 2 rings (SSSR count). The molecule has 0 bridgehead atoms. The number of nitrogens with one attached hydrogen (secondary N) is 1. The highest BCUT2D eigenvalue weighted by Crippen LogP contribution is 2.20. The van der Waals surface area contributed by atoms with Crippen LogP contribution < -0.4 is 5.32 Å². The van der Waals surface area contributed by atoms with Crippen molar-refractivity contribution in [2.24, 2.45) is 0 Å². The summed E-state index contributed by atoms with van der Waals surface area (Å²) in [7, 11) is 0. The fourth-order valence-corrected chi connectivity index (χ4v) is 2.03. The normalized spacial score (nSPS) is 10.2. The summed E-state index contributed by atoms with van der Waals surface area (Å²) in [4.78, 5) is 27.2. The molecule has 0 radical (unpaired) electrons. The largest absolute Gasteiger partial charge is 0.478 e. The molecule has 0 aliphatic rings. The third kappa shape index (κ3) is 3.66. The van der Waals surface area contributed by atoms with E-state index in [1.165, 1.54) is 6.07 Å². The zero-order valence-electron chi connectivity index (χ0n) is 11.9. The minimum Gasteiger partial charge on any atom is -0.478 e. The number of hydrogen-bond acceptors (Lipinski definition) is 3. The Kier molecular flexibility index (Phi) is 4.33. The summed E-state index contributed by atoms with van der Waals surface area (Å²) < 4.78 is 0. The highest BCUT2D eigenvalue weighted by atomic mass is 16.4. The summed E-state index contributed by atoms with van der Waals surface area (Å²) in [5.41, 5.74) is 2.87. The number of carboxylic acids is 1. The van der Waals surface area contributed by atoms with Crippen LogP contribution in [0.1, 0.15) is 27.2 Å². The fourth-order valence-electron chi connectivity index (χ4n) is 2.03. The van der Waals surface area contributed by atoms with Gasteiger partial charge in [0.25, 0.3) is 0 Å². The molecular formula is C16H16N2O3. The average Bonchev–Trinajstić information content (AvgIpc) is 2.43. The van der Waals surface area contributed by atoms with Gasteiger partial charge in [-0.05, 0) is 49.2 Å². The Balaban J connectivity index is 2.16. The van der Waals surface area contributed by atoms with Crippen LogP contribution in [0.2, 0.25) is 0 Å². The molecule has 0 unspecified atom stereocenters. The maximum Gasteiger partial charge on any atom is 0.336 e. The third-order valence-electron chi connectivity index (χ3n) is 3.25. The van der Waals surface area contributed by atoms with Gasteiger partial charge in [0, 0.05) is 17.6 Å². The Bertz CT molecular complexity index is 681. The zero-order valence-corrected chi connectivity index (χ0v) is 11.9. The van der Waals surface area contributed by atoms with E-state index in [1.807, 2.05) is 13.0 Å². The van der Waals surface area contributed by atoms with Crippen molar-refractivity contribution in [3.63, 3.8) is 0 Å². The van der Waals surface area contributed by atoms with Crippen molar-refractivity contribution >= 4 is 17.6 Å². The van der Waals surface area contributed by atoms with Crippen molar-refractivity contribution < 1.29 is 14.7 Å². The number of hydrogen-bond donors (Lipinski definition) is 2. The molecule has 2 N–H and O–H groups in total. The van der Waals surface area contributed by atoms with Crippen LogP contribution in [0, 0.1) is 13.8 Å². The number of aromatic nitrogens is 1. The first kappa shape index (κ1) is 14.7. The Hall–Kier alpha value is -2.69. The summed E-state index contributed by atoms with van der Waals surface area (Å²) in [5.74, 6) is -1.23. The Morgan fingerprint density at radius 1 is 1.24 bits per heavy atom. The molecule has 0 aliphatic heterocycles. The van der Waals surface area contributed by atoms with E-state index in [0.29, 0.717) is 16.9 Å². The van der Waals surface area contributed by atoms with E-state index in [0.717, 1.165) is 5.56 Å². The van der Waals surface area contributed by atoms with Crippen molar-refractivity contribution in [3.8, 4) is 0 Å². The minimum absolute atomic E-state index is 0.149. The van der Waals surface area contributed by atoms with Crippen molar-refractivity contribution in [2.45, 2.75) is 20.3 Å². The first-order chi connectivity index (χ1) is 9.97. The number of aromatic carboxylic acids is 1. The van der Waals surface area contributed by atoms with Crippen molar-refractivity contribution in [2.75, 3.05) is 5.32 Å². The summed E-state index contributed by atoms with van der Waals surface area (Å²) >= 11 is 0. The highest BCUT2D eigenvalue weighted by molar-refractivity contribution is 5.95. The molecule has 1 heterocycles. The predicted octanol–water partition coefficient (Wildman–Crippen LogP) is 2.58. The van der Waals surface area contributed by atoms with Gasteiger partial charge in [-0.1, -0.05) is 6.07 Å². The van der Waals surface area contributed by atoms with Gasteiger partial charge in [-0.2, -0.15) is 0 Å². The summed E-state index contributed by atoms with van der Waals surface area (Å²) in [6, 6.07) is 8.60. The average molecular weight is 284 g/mol. The monoisotopic (exact) mass is 284 g/mol. The van der Waals surface area contributed by atoms with E-state index in [4.69, 9.17) is 5.11 Å². The number of anilines is 1. The summed E-state index contributed by atoms with van der Waals surface area (Å²) in [6.07, 6.45) is 1.78. The minimum atomic E-state index is -1.00. The van der Waals surface area contributed by atoms with Gasteiger partial charge < -0.3 is 10.4 Å². The highest BCUT2D eigenvalue weighted by Gasteiger charge is 2.12. The Labute approximate surface area is 122 Å². The summed E-state index contributed by atoms with van der Waals surface area (Å²) in [5, 5.41) is 11.9. The van der Waals surface area contributed by atoms with Crippen molar-refractivity contribution in [1.29, 1.82) is 0 Å². The molecule has 1 aromatic heterocycles. The van der Waals surface area contributed by atoms with Crippen LogP contribution in [0.3, 0.4) is 0 Å². The van der Waals surface area contributed by atoms with Gasteiger partial charge in [0.05, 0.1) is 12.0 Å². The van der Waals surface area contributed by atoms with Gasteiger partial charge >= 0.3 is 5.97 Å². The molecular weight excluding hydrogens is 268 g/mol. The fraction of sp³-hybridized carbons (Fsp3) is 0.188. The Morgan fingerprint density at radius 3 is 2.62 bits per heavy atom. The van der Waals surface area contributed by atoms with Gasteiger partial charge in [-0.25, -0.2) is 4.79 Å². The zero-order chi connectivity index (χ0) is 15.4. The molecule has 108 valence electrons. The maximum atomic E-state index is 12.0. The molecule has 5 nitrogen and oxygen atoms in total. The smallest absolute Gasteiger partial charge is 0.336 e. The number of aryl methyl sites for hydroxylation is 1. The predicted molar refractivity (Wildman–Crippen MR) is 79.4 cm³/mol. The maximum absolute atomic E-state index is 12.0. The second kappa shape index (κ2) is 6.17. The number of benzene rings is 1. The number of carbonyl (C=O) groups excluding carboxylic acids is 1. The molecule has 0 atom stereocenters. The lowest BCUT2D eigenvalue weighted by molar-refractivity contribution is -0.115. The standard InChI is InChI=1S/C16H16N2O3/c1-10-7-13(8-14(11(10)2)16(20)21)18-15(19)9-12-5-3-4-6-17-12/h3-8H,9H2,1-2H3,(H,18,19)(H,20,21). The van der Waals surface area contributed by atoms with Crippen molar-refractivity contribution in [3.05, 3.63) is 58.9 Å².